The van der Waals surface area contributed by atoms with Gasteiger partial charge in [0.2, 0.25) is 11.8 Å². The van der Waals surface area contributed by atoms with Gasteiger partial charge in [0.25, 0.3) is 0 Å². The maximum Gasteiger partial charge on any atom is 0.243 e. The van der Waals surface area contributed by atoms with Crippen molar-refractivity contribution in [1.29, 1.82) is 0 Å². The fourth-order valence-corrected chi connectivity index (χ4v) is 4.59. The molecule has 0 bridgehead atoms. The third kappa shape index (κ3) is 7.66. The first-order valence-electron chi connectivity index (χ1n) is 11.5. The normalized spacial score (nSPS) is 11.5. The summed E-state index contributed by atoms with van der Waals surface area (Å²) in [7, 11) is 1.62. The maximum atomic E-state index is 13.5. The molecule has 1 N–H and O–H groups in total. The van der Waals surface area contributed by atoms with Crippen molar-refractivity contribution in [1.82, 2.24) is 10.2 Å². The van der Waals surface area contributed by atoms with E-state index in [1.165, 1.54) is 0 Å². The average molecular weight is 477 g/mol. The summed E-state index contributed by atoms with van der Waals surface area (Å²) in [5.74, 6) is 1.18. The Morgan fingerprint density at radius 2 is 1.62 bits per heavy atom. The molecule has 3 rings (SSSR count). The smallest absolute Gasteiger partial charge is 0.243 e. The monoisotopic (exact) mass is 476 g/mol. The molecule has 0 spiro atoms. The molecule has 2 amide bonds. The highest BCUT2D eigenvalue weighted by atomic mass is 32.2. The van der Waals surface area contributed by atoms with E-state index in [9.17, 15) is 9.59 Å². The van der Waals surface area contributed by atoms with Gasteiger partial charge in [0.05, 0.1) is 7.11 Å². The minimum Gasteiger partial charge on any atom is -0.497 e. The highest BCUT2D eigenvalue weighted by Crippen LogP contribution is 2.22. The third-order valence-corrected chi connectivity index (χ3v) is 6.45. The Kier molecular flexibility index (Phi) is 10.0. The van der Waals surface area contributed by atoms with E-state index in [0.717, 1.165) is 21.8 Å². The molecule has 0 heterocycles. The van der Waals surface area contributed by atoms with Crippen LogP contribution in [0.4, 0.5) is 0 Å². The van der Waals surface area contributed by atoms with E-state index in [4.69, 9.17) is 4.74 Å². The zero-order valence-electron chi connectivity index (χ0n) is 19.8. The third-order valence-electron chi connectivity index (χ3n) is 5.44. The first-order valence-corrected chi connectivity index (χ1v) is 12.5. The molecule has 5 nitrogen and oxygen atoms in total. The number of carbonyl (C=O) groups is 2. The van der Waals surface area contributed by atoms with Crippen LogP contribution in [0, 0.1) is 0 Å². The molecule has 3 aromatic carbocycles. The van der Waals surface area contributed by atoms with Gasteiger partial charge >= 0.3 is 0 Å². The molecule has 0 aliphatic heterocycles. The van der Waals surface area contributed by atoms with Crippen molar-refractivity contribution in [2.75, 3.05) is 19.4 Å². The molecular weight excluding hydrogens is 444 g/mol. The lowest BCUT2D eigenvalue weighted by Crippen LogP contribution is -2.50. The Bertz CT molecular complexity index is 1040. The Morgan fingerprint density at radius 3 is 2.29 bits per heavy atom. The van der Waals surface area contributed by atoms with Crippen LogP contribution >= 0.6 is 11.8 Å². The van der Waals surface area contributed by atoms with Crippen LogP contribution in [-0.2, 0) is 22.6 Å². The van der Waals surface area contributed by atoms with Gasteiger partial charge in [0.15, 0.2) is 0 Å². The predicted molar refractivity (Wildman–Crippen MR) is 138 cm³/mol. The molecule has 34 heavy (non-hydrogen) atoms. The topological polar surface area (TPSA) is 58.6 Å². The van der Waals surface area contributed by atoms with Gasteiger partial charge < -0.3 is 15.0 Å². The van der Waals surface area contributed by atoms with Crippen molar-refractivity contribution in [3.8, 4) is 5.75 Å². The molecule has 0 radical (unpaired) electrons. The number of benzene rings is 3. The molecule has 1 atom stereocenters. The summed E-state index contributed by atoms with van der Waals surface area (Å²) < 4.78 is 5.37. The number of rotatable bonds is 12. The average Bonchev–Trinajstić information content (AvgIpc) is 2.87. The summed E-state index contributed by atoms with van der Waals surface area (Å²) in [6, 6.07) is 26.9. The SMILES string of the molecule is CCNC(=O)C(Cc1ccccc1)N(Cc1cccc(OC)c1)C(=O)CCSc1ccccc1. The van der Waals surface area contributed by atoms with Crippen molar-refractivity contribution in [2.45, 2.75) is 37.2 Å². The highest BCUT2D eigenvalue weighted by Gasteiger charge is 2.30. The van der Waals surface area contributed by atoms with Gasteiger partial charge in [0.1, 0.15) is 11.8 Å². The number of thioether (sulfide) groups is 1. The molecule has 178 valence electrons. The van der Waals surface area contributed by atoms with E-state index in [-0.39, 0.29) is 11.8 Å². The zero-order chi connectivity index (χ0) is 24.2. The van der Waals surface area contributed by atoms with Crippen LogP contribution in [0.2, 0.25) is 0 Å². The van der Waals surface area contributed by atoms with Crippen LogP contribution in [0.25, 0.3) is 0 Å². The highest BCUT2D eigenvalue weighted by molar-refractivity contribution is 7.99. The lowest BCUT2D eigenvalue weighted by atomic mass is 10.0. The second-order valence-corrected chi connectivity index (χ2v) is 9.05. The predicted octanol–water partition coefficient (Wildman–Crippen LogP) is 4.95. The number of amides is 2. The van der Waals surface area contributed by atoms with E-state index in [1.807, 2.05) is 91.9 Å². The summed E-state index contributed by atoms with van der Waals surface area (Å²) in [6.45, 7) is 2.73. The van der Waals surface area contributed by atoms with Crippen molar-refractivity contribution < 1.29 is 14.3 Å². The quantitative estimate of drug-likeness (QED) is 0.376. The summed E-state index contributed by atoms with van der Waals surface area (Å²) in [4.78, 5) is 29.5. The molecule has 1 unspecified atom stereocenters. The standard InChI is InChI=1S/C28H32N2O3S/c1-3-29-28(32)26(20-22-11-6-4-7-12-22)30(21-23-13-10-14-24(19-23)33-2)27(31)17-18-34-25-15-8-5-9-16-25/h4-16,19,26H,3,17-18,20-21H2,1-2H3,(H,29,32). The second kappa shape index (κ2) is 13.5. The minimum absolute atomic E-state index is 0.0431. The molecule has 0 aromatic heterocycles. The fraction of sp³-hybridized carbons (Fsp3) is 0.286. The number of carbonyl (C=O) groups excluding carboxylic acids is 2. The summed E-state index contributed by atoms with van der Waals surface area (Å²) in [6.07, 6.45) is 0.794. The number of hydrogen-bond donors (Lipinski definition) is 1. The first-order chi connectivity index (χ1) is 16.6. The molecule has 0 aliphatic rings. The molecule has 0 saturated carbocycles. The van der Waals surface area contributed by atoms with Gasteiger partial charge in [-0.15, -0.1) is 11.8 Å². The maximum absolute atomic E-state index is 13.5. The second-order valence-electron chi connectivity index (χ2n) is 7.88. The van der Waals surface area contributed by atoms with Crippen LogP contribution in [0.15, 0.2) is 89.8 Å². The number of nitrogens with one attached hydrogen (secondary N) is 1. The molecule has 3 aromatic rings. The van der Waals surface area contributed by atoms with E-state index in [1.54, 1.807) is 23.8 Å². The number of ether oxygens (including phenoxy) is 1. The van der Waals surface area contributed by atoms with Gasteiger partial charge in [-0.1, -0.05) is 60.7 Å². The van der Waals surface area contributed by atoms with Gasteiger partial charge in [-0.2, -0.15) is 0 Å². The van der Waals surface area contributed by atoms with E-state index in [2.05, 4.69) is 5.32 Å². The van der Waals surface area contributed by atoms with Crippen molar-refractivity contribution >= 4 is 23.6 Å². The van der Waals surface area contributed by atoms with E-state index >= 15 is 0 Å². The van der Waals surface area contributed by atoms with Crippen molar-refractivity contribution in [2.24, 2.45) is 0 Å². The number of methoxy groups -OCH3 is 1. The summed E-state index contributed by atoms with van der Waals surface area (Å²) >= 11 is 1.64. The Morgan fingerprint density at radius 1 is 0.941 bits per heavy atom. The lowest BCUT2D eigenvalue weighted by molar-refractivity contribution is -0.140. The van der Waals surface area contributed by atoms with Crippen molar-refractivity contribution in [3.63, 3.8) is 0 Å². The number of hydrogen-bond acceptors (Lipinski definition) is 4. The Hall–Kier alpha value is -3.25. The number of nitrogens with zero attached hydrogens (tertiary/aromatic N) is 1. The van der Waals surface area contributed by atoms with Gasteiger partial charge in [-0.05, 0) is 42.3 Å². The minimum atomic E-state index is -0.609. The van der Waals surface area contributed by atoms with Crippen LogP contribution in [0.3, 0.4) is 0 Å². The number of likely N-dealkylation sites (N-methyl/N-ethyl adjacent to an activating group) is 1. The molecular formula is C28H32N2O3S. The molecule has 0 saturated heterocycles. The molecule has 6 heteroatoms. The first kappa shape index (κ1) is 25.4. The van der Waals surface area contributed by atoms with Gasteiger partial charge in [-0.3, -0.25) is 9.59 Å². The molecule has 0 aliphatic carbocycles. The zero-order valence-corrected chi connectivity index (χ0v) is 20.6. The molecule has 0 fully saturated rings. The largest absolute Gasteiger partial charge is 0.497 e. The Balaban J connectivity index is 1.84. The van der Waals surface area contributed by atoms with Crippen LogP contribution in [0.5, 0.6) is 5.75 Å². The lowest BCUT2D eigenvalue weighted by Gasteiger charge is -2.31. The van der Waals surface area contributed by atoms with Gasteiger partial charge in [-0.25, -0.2) is 0 Å². The van der Waals surface area contributed by atoms with Gasteiger partial charge in [0, 0.05) is 36.6 Å². The van der Waals surface area contributed by atoms with E-state index < -0.39 is 6.04 Å². The summed E-state index contributed by atoms with van der Waals surface area (Å²) in [5, 5.41) is 2.93. The van der Waals surface area contributed by atoms with Crippen molar-refractivity contribution in [3.05, 3.63) is 96.1 Å². The van der Waals surface area contributed by atoms with Crippen LogP contribution < -0.4 is 10.1 Å². The fourth-order valence-electron chi connectivity index (χ4n) is 3.73. The van der Waals surface area contributed by atoms with Crippen LogP contribution in [-0.4, -0.2) is 42.2 Å². The summed E-state index contributed by atoms with van der Waals surface area (Å²) in [5.41, 5.74) is 1.94. The van der Waals surface area contributed by atoms with E-state index in [0.29, 0.717) is 31.7 Å². The Labute approximate surface area is 206 Å². The van der Waals surface area contributed by atoms with Crippen LogP contribution in [0.1, 0.15) is 24.5 Å².